The Morgan fingerprint density at radius 1 is 1.03 bits per heavy atom. The van der Waals surface area contributed by atoms with Crippen molar-refractivity contribution < 1.29 is 19.1 Å². The number of likely N-dealkylation sites (N-methyl/N-ethyl adjacent to an activating group) is 1. The lowest BCUT2D eigenvalue weighted by molar-refractivity contribution is -0.139. The maximum atomic E-state index is 13.1. The molecular formula is C26H32N2O4. The summed E-state index contributed by atoms with van der Waals surface area (Å²) in [6.07, 6.45) is 0. The minimum Gasteiger partial charge on any atom is -0.487 e. The van der Waals surface area contributed by atoms with E-state index >= 15 is 0 Å². The minimum atomic E-state index is -0.614. The number of carbonyl (C=O) groups is 2. The second-order valence-electron chi connectivity index (χ2n) is 8.38. The van der Waals surface area contributed by atoms with E-state index in [1.807, 2.05) is 58.9 Å². The van der Waals surface area contributed by atoms with Gasteiger partial charge < -0.3 is 14.8 Å². The van der Waals surface area contributed by atoms with Crippen molar-refractivity contribution in [2.75, 3.05) is 20.3 Å². The van der Waals surface area contributed by atoms with Crippen LogP contribution in [0.25, 0.3) is 0 Å². The molecule has 3 rings (SSSR count). The molecule has 2 amide bonds. The summed E-state index contributed by atoms with van der Waals surface area (Å²) in [5.41, 5.74) is 7.10. The molecule has 6 nitrogen and oxygen atoms in total. The maximum absolute atomic E-state index is 13.1. The van der Waals surface area contributed by atoms with Crippen molar-refractivity contribution in [2.24, 2.45) is 0 Å². The molecule has 0 fully saturated rings. The zero-order chi connectivity index (χ0) is 23.6. The third-order valence-electron chi connectivity index (χ3n) is 5.94. The van der Waals surface area contributed by atoms with Crippen molar-refractivity contribution in [3.8, 4) is 5.75 Å². The predicted molar refractivity (Wildman–Crippen MR) is 125 cm³/mol. The lowest BCUT2D eigenvalue weighted by atomic mass is 9.91. The van der Waals surface area contributed by atoms with E-state index in [1.165, 1.54) is 4.90 Å². The van der Waals surface area contributed by atoms with Gasteiger partial charge in [0.2, 0.25) is 0 Å². The van der Waals surface area contributed by atoms with Crippen LogP contribution in [0.3, 0.4) is 0 Å². The van der Waals surface area contributed by atoms with E-state index in [-0.39, 0.29) is 19.2 Å². The number of hydrogen-bond donors (Lipinski definition) is 1. The van der Waals surface area contributed by atoms with Gasteiger partial charge in [0.25, 0.3) is 0 Å². The molecule has 1 aliphatic rings. The van der Waals surface area contributed by atoms with Gasteiger partial charge in [-0.15, -0.1) is 0 Å². The summed E-state index contributed by atoms with van der Waals surface area (Å²) < 4.78 is 11.6. The fourth-order valence-corrected chi connectivity index (χ4v) is 4.06. The van der Waals surface area contributed by atoms with E-state index in [0.29, 0.717) is 11.3 Å². The fourth-order valence-electron chi connectivity index (χ4n) is 4.06. The van der Waals surface area contributed by atoms with Crippen LogP contribution < -0.4 is 10.1 Å². The van der Waals surface area contributed by atoms with E-state index in [0.717, 1.165) is 39.1 Å². The molecule has 0 saturated carbocycles. The van der Waals surface area contributed by atoms with Gasteiger partial charge in [-0.2, -0.15) is 0 Å². The Balaban J connectivity index is 2.10. The number of esters is 1. The number of aryl methyl sites for hydroxylation is 4. The van der Waals surface area contributed by atoms with Gasteiger partial charge in [-0.25, -0.2) is 9.59 Å². The van der Waals surface area contributed by atoms with Crippen molar-refractivity contribution in [1.29, 1.82) is 0 Å². The second kappa shape index (κ2) is 9.47. The molecule has 6 heteroatoms. The molecule has 1 aliphatic heterocycles. The SMILES string of the molecule is CCOC(=O)C1=C(COc2cc(C)cc(C)c2C)N(C)C(=O)N[C@H]1c1ccc(C)cc1C. The van der Waals surface area contributed by atoms with Crippen LogP contribution in [0.4, 0.5) is 4.79 Å². The van der Waals surface area contributed by atoms with Crippen LogP contribution in [0, 0.1) is 34.6 Å². The van der Waals surface area contributed by atoms with Crippen LogP contribution >= 0.6 is 0 Å². The van der Waals surface area contributed by atoms with Gasteiger partial charge in [0.1, 0.15) is 12.4 Å². The molecule has 1 N–H and O–H groups in total. The summed E-state index contributed by atoms with van der Waals surface area (Å²) >= 11 is 0. The Morgan fingerprint density at radius 2 is 1.72 bits per heavy atom. The number of benzene rings is 2. The molecule has 1 heterocycles. The number of nitrogens with one attached hydrogen (secondary N) is 1. The van der Waals surface area contributed by atoms with E-state index in [1.54, 1.807) is 14.0 Å². The summed E-state index contributed by atoms with van der Waals surface area (Å²) in [7, 11) is 1.64. The fraction of sp³-hybridized carbons (Fsp3) is 0.385. The summed E-state index contributed by atoms with van der Waals surface area (Å²) in [5.74, 6) is 0.278. The standard InChI is InChI=1S/C26H32N2O4/c1-8-31-25(29)23-21(14-32-22-13-16(3)12-17(4)19(22)6)28(7)26(30)27-24(23)20-10-9-15(2)11-18(20)5/h9-13,24H,8,14H2,1-7H3,(H,27,30)/t24-/m0/s1. The summed E-state index contributed by atoms with van der Waals surface area (Å²) in [6, 6.07) is 9.13. The molecule has 0 radical (unpaired) electrons. The van der Waals surface area contributed by atoms with Crippen LogP contribution in [0.5, 0.6) is 5.75 Å². The first-order valence-corrected chi connectivity index (χ1v) is 10.9. The third-order valence-corrected chi connectivity index (χ3v) is 5.94. The molecule has 170 valence electrons. The van der Waals surface area contributed by atoms with Gasteiger partial charge in [0.05, 0.1) is 23.9 Å². The molecule has 0 aliphatic carbocycles. The average molecular weight is 437 g/mol. The van der Waals surface area contributed by atoms with Gasteiger partial charge >= 0.3 is 12.0 Å². The Labute approximate surface area is 190 Å². The van der Waals surface area contributed by atoms with E-state index < -0.39 is 12.0 Å². The van der Waals surface area contributed by atoms with Gasteiger partial charge in [-0.1, -0.05) is 29.8 Å². The Kier molecular flexibility index (Phi) is 6.92. The maximum Gasteiger partial charge on any atom is 0.338 e. The molecule has 2 aromatic carbocycles. The molecule has 0 saturated heterocycles. The number of rotatable bonds is 6. The van der Waals surface area contributed by atoms with E-state index in [4.69, 9.17) is 9.47 Å². The van der Waals surface area contributed by atoms with Crippen molar-refractivity contribution in [1.82, 2.24) is 10.2 Å². The Bertz CT molecular complexity index is 1090. The van der Waals surface area contributed by atoms with Crippen molar-refractivity contribution in [3.05, 3.63) is 75.0 Å². The van der Waals surface area contributed by atoms with Gasteiger partial charge in [-0.05, 0) is 75.4 Å². The third kappa shape index (κ3) is 4.64. The lowest BCUT2D eigenvalue weighted by Crippen LogP contribution is -2.48. The average Bonchev–Trinajstić information content (AvgIpc) is 2.72. The van der Waals surface area contributed by atoms with E-state index in [2.05, 4.69) is 11.4 Å². The molecule has 1 atom stereocenters. The molecule has 0 unspecified atom stereocenters. The highest BCUT2D eigenvalue weighted by atomic mass is 16.5. The molecule has 0 bridgehead atoms. The summed E-state index contributed by atoms with van der Waals surface area (Å²) in [4.78, 5) is 27.4. The predicted octanol–water partition coefficient (Wildman–Crippen LogP) is 4.82. The number of amides is 2. The normalized spacial score (nSPS) is 16.2. The first-order chi connectivity index (χ1) is 15.1. The van der Waals surface area contributed by atoms with Crippen LogP contribution in [0.2, 0.25) is 0 Å². The quantitative estimate of drug-likeness (QED) is 0.659. The van der Waals surface area contributed by atoms with Gasteiger partial charge in [0.15, 0.2) is 0 Å². The smallest absolute Gasteiger partial charge is 0.338 e. The highest BCUT2D eigenvalue weighted by molar-refractivity contribution is 5.95. The van der Waals surface area contributed by atoms with Gasteiger partial charge in [-0.3, -0.25) is 4.90 Å². The van der Waals surface area contributed by atoms with Crippen LogP contribution in [0.1, 0.15) is 46.3 Å². The largest absolute Gasteiger partial charge is 0.487 e. The first-order valence-electron chi connectivity index (χ1n) is 10.9. The first kappa shape index (κ1) is 23.4. The number of carbonyl (C=O) groups excluding carboxylic acids is 2. The van der Waals surface area contributed by atoms with Crippen LogP contribution in [-0.4, -0.2) is 37.2 Å². The van der Waals surface area contributed by atoms with Crippen molar-refractivity contribution >= 4 is 12.0 Å². The minimum absolute atomic E-state index is 0.0726. The molecular weight excluding hydrogens is 404 g/mol. The summed E-state index contributed by atoms with van der Waals surface area (Å²) in [6.45, 7) is 12.1. The van der Waals surface area contributed by atoms with Crippen LogP contribution in [-0.2, 0) is 9.53 Å². The summed E-state index contributed by atoms with van der Waals surface area (Å²) in [5, 5.41) is 2.96. The number of ether oxygens (including phenoxy) is 2. The molecule has 32 heavy (non-hydrogen) atoms. The highest BCUT2D eigenvalue weighted by Gasteiger charge is 2.37. The second-order valence-corrected chi connectivity index (χ2v) is 8.38. The Morgan fingerprint density at radius 3 is 2.38 bits per heavy atom. The van der Waals surface area contributed by atoms with E-state index in [9.17, 15) is 9.59 Å². The number of nitrogens with zero attached hydrogens (tertiary/aromatic N) is 1. The molecule has 0 spiro atoms. The van der Waals surface area contributed by atoms with Crippen molar-refractivity contribution in [2.45, 2.75) is 47.6 Å². The molecule has 2 aromatic rings. The van der Waals surface area contributed by atoms with Crippen LogP contribution in [0.15, 0.2) is 41.6 Å². The van der Waals surface area contributed by atoms with Crippen molar-refractivity contribution in [3.63, 3.8) is 0 Å². The monoisotopic (exact) mass is 436 g/mol. The zero-order valence-electron chi connectivity index (χ0n) is 20.0. The van der Waals surface area contributed by atoms with Gasteiger partial charge in [0, 0.05) is 7.05 Å². The number of hydrogen-bond acceptors (Lipinski definition) is 4. The zero-order valence-corrected chi connectivity index (χ0v) is 20.0. The molecule has 0 aromatic heterocycles. The number of urea groups is 1. The Hall–Kier alpha value is -3.28. The lowest BCUT2D eigenvalue weighted by Gasteiger charge is -2.35. The highest BCUT2D eigenvalue weighted by Crippen LogP contribution is 2.34. The topological polar surface area (TPSA) is 67.9 Å².